The van der Waals surface area contributed by atoms with Gasteiger partial charge in [-0.15, -0.1) is 6.58 Å². The van der Waals surface area contributed by atoms with Crippen molar-refractivity contribution in [3.8, 4) is 0 Å². The van der Waals surface area contributed by atoms with Gasteiger partial charge in [0, 0.05) is 0 Å². The molecular formula is C23H28O5. The van der Waals surface area contributed by atoms with Gasteiger partial charge in [-0.2, -0.15) is 0 Å². The van der Waals surface area contributed by atoms with Gasteiger partial charge < -0.3 is 24.4 Å². The van der Waals surface area contributed by atoms with Crippen molar-refractivity contribution in [3.63, 3.8) is 0 Å². The molecule has 2 aromatic rings. The summed E-state index contributed by atoms with van der Waals surface area (Å²) in [6.45, 7) is 4.20. The fourth-order valence-electron chi connectivity index (χ4n) is 3.45. The van der Waals surface area contributed by atoms with E-state index in [1.165, 1.54) is 0 Å². The Kier molecular flexibility index (Phi) is 7.77. The van der Waals surface area contributed by atoms with Crippen LogP contribution in [-0.4, -0.2) is 47.3 Å². The molecule has 28 heavy (non-hydrogen) atoms. The molecule has 150 valence electrons. The largest absolute Gasteiger partial charge is 0.394 e. The van der Waals surface area contributed by atoms with Crippen molar-refractivity contribution in [1.29, 1.82) is 0 Å². The molecule has 1 saturated heterocycles. The molecule has 1 aliphatic heterocycles. The predicted molar refractivity (Wildman–Crippen MR) is 107 cm³/mol. The van der Waals surface area contributed by atoms with Crippen molar-refractivity contribution in [2.24, 2.45) is 0 Å². The summed E-state index contributed by atoms with van der Waals surface area (Å²) < 4.78 is 18.0. The Hall–Kier alpha value is -2.02. The molecule has 2 N–H and O–H groups in total. The molecule has 5 nitrogen and oxygen atoms in total. The summed E-state index contributed by atoms with van der Waals surface area (Å²) in [4.78, 5) is 0. The summed E-state index contributed by atoms with van der Waals surface area (Å²) in [5.74, 6) is 0. The molecule has 0 bridgehead atoms. The minimum absolute atomic E-state index is 0.241. The Bertz CT molecular complexity index is 705. The highest BCUT2D eigenvalue weighted by Gasteiger charge is 2.45. The fourth-order valence-corrected chi connectivity index (χ4v) is 3.45. The van der Waals surface area contributed by atoms with Crippen LogP contribution < -0.4 is 0 Å². The zero-order valence-corrected chi connectivity index (χ0v) is 15.9. The number of rotatable bonds is 9. The van der Waals surface area contributed by atoms with Gasteiger partial charge in [0.2, 0.25) is 0 Å². The van der Waals surface area contributed by atoms with Crippen LogP contribution >= 0.6 is 0 Å². The van der Waals surface area contributed by atoms with Gasteiger partial charge in [0.25, 0.3) is 0 Å². The Balaban J connectivity index is 1.70. The van der Waals surface area contributed by atoms with Gasteiger partial charge in [-0.1, -0.05) is 66.7 Å². The van der Waals surface area contributed by atoms with Crippen LogP contribution in [0.25, 0.3) is 0 Å². The average Bonchev–Trinajstić information content (AvgIpc) is 2.74. The molecule has 0 aliphatic carbocycles. The maximum absolute atomic E-state index is 11.0. The predicted octanol–water partition coefficient (Wildman–Crippen LogP) is 2.85. The number of benzene rings is 2. The minimum atomic E-state index is -0.928. The van der Waals surface area contributed by atoms with Crippen molar-refractivity contribution < 1.29 is 24.4 Å². The molecule has 3 rings (SSSR count). The van der Waals surface area contributed by atoms with Crippen molar-refractivity contribution in [3.05, 3.63) is 84.4 Å². The molecule has 1 aliphatic rings. The molecule has 1 fully saturated rings. The van der Waals surface area contributed by atoms with Gasteiger partial charge in [0.05, 0.1) is 25.9 Å². The van der Waals surface area contributed by atoms with E-state index in [-0.39, 0.29) is 6.61 Å². The number of hydrogen-bond donors (Lipinski definition) is 2. The zero-order valence-electron chi connectivity index (χ0n) is 15.9. The van der Waals surface area contributed by atoms with Crippen LogP contribution in [0.15, 0.2) is 73.3 Å². The molecule has 5 atom stereocenters. The third-order valence-corrected chi connectivity index (χ3v) is 4.91. The average molecular weight is 384 g/mol. The fraction of sp³-hybridized carbons (Fsp3) is 0.391. The lowest BCUT2D eigenvalue weighted by Gasteiger charge is -2.44. The van der Waals surface area contributed by atoms with E-state index in [9.17, 15) is 10.2 Å². The van der Waals surface area contributed by atoms with Crippen LogP contribution in [0.4, 0.5) is 0 Å². The van der Waals surface area contributed by atoms with Crippen LogP contribution in [0.2, 0.25) is 0 Å². The molecule has 0 aromatic heterocycles. The quantitative estimate of drug-likeness (QED) is 0.651. The number of aliphatic hydroxyl groups excluding tert-OH is 2. The molecular weight excluding hydrogens is 356 g/mol. The molecule has 0 unspecified atom stereocenters. The molecule has 5 heteroatoms. The van der Waals surface area contributed by atoms with Gasteiger partial charge in [-0.05, 0) is 17.5 Å². The van der Waals surface area contributed by atoms with Crippen LogP contribution in [0.5, 0.6) is 0 Å². The molecule has 0 amide bonds. The highest BCUT2D eigenvalue weighted by atomic mass is 16.6. The normalized spacial score (nSPS) is 27.4. The van der Waals surface area contributed by atoms with Crippen molar-refractivity contribution >= 4 is 0 Å². The van der Waals surface area contributed by atoms with E-state index in [0.717, 1.165) is 11.1 Å². The minimum Gasteiger partial charge on any atom is -0.394 e. The second-order valence-electron chi connectivity index (χ2n) is 6.93. The van der Waals surface area contributed by atoms with Crippen molar-refractivity contribution in [1.82, 2.24) is 0 Å². The van der Waals surface area contributed by atoms with Gasteiger partial charge in [0.15, 0.2) is 0 Å². The number of aliphatic hydroxyl groups is 2. The summed E-state index contributed by atoms with van der Waals surface area (Å²) in [5, 5.41) is 20.8. The second-order valence-corrected chi connectivity index (χ2v) is 6.93. The van der Waals surface area contributed by atoms with E-state index in [1.807, 2.05) is 60.7 Å². The SMILES string of the molecule is C=CC[C@H]1O[C@H](CO)[C@@H](OCc2ccccc2)[C@H](O)[C@@H]1OCc1ccccc1. The van der Waals surface area contributed by atoms with Gasteiger partial charge in [-0.25, -0.2) is 0 Å². The van der Waals surface area contributed by atoms with E-state index >= 15 is 0 Å². The molecule has 0 saturated carbocycles. The van der Waals surface area contributed by atoms with E-state index in [4.69, 9.17) is 14.2 Å². The van der Waals surface area contributed by atoms with E-state index in [0.29, 0.717) is 19.6 Å². The summed E-state index contributed by atoms with van der Waals surface area (Å²) >= 11 is 0. The third kappa shape index (κ3) is 5.28. The smallest absolute Gasteiger partial charge is 0.115 e. The molecule has 2 aromatic carbocycles. The lowest BCUT2D eigenvalue weighted by atomic mass is 9.93. The molecule has 0 radical (unpaired) electrons. The Labute approximate surface area is 166 Å². The Morgan fingerprint density at radius 1 is 0.857 bits per heavy atom. The first kappa shape index (κ1) is 20.7. The summed E-state index contributed by atoms with van der Waals surface area (Å²) in [7, 11) is 0. The standard InChI is InChI=1S/C23H28O5/c1-2-9-19-22(26-15-17-10-5-3-6-11-17)21(25)23(20(14-24)28-19)27-16-18-12-7-4-8-13-18/h2-8,10-13,19-25H,1,9,14-16H2/t19-,20-,21-,22-,23-/m1/s1. The summed E-state index contributed by atoms with van der Waals surface area (Å²) in [5.41, 5.74) is 2.00. The third-order valence-electron chi connectivity index (χ3n) is 4.91. The maximum atomic E-state index is 11.0. The topological polar surface area (TPSA) is 68.2 Å². The highest BCUT2D eigenvalue weighted by molar-refractivity contribution is 5.14. The molecule has 1 heterocycles. The second kappa shape index (κ2) is 10.5. The lowest BCUT2D eigenvalue weighted by Crippen LogP contribution is -2.60. The Morgan fingerprint density at radius 2 is 1.36 bits per heavy atom. The van der Waals surface area contributed by atoms with E-state index in [2.05, 4.69) is 6.58 Å². The monoisotopic (exact) mass is 384 g/mol. The first-order chi connectivity index (χ1) is 13.7. The summed E-state index contributed by atoms with van der Waals surface area (Å²) in [6, 6.07) is 19.5. The van der Waals surface area contributed by atoms with Crippen molar-refractivity contribution in [2.75, 3.05) is 6.61 Å². The van der Waals surface area contributed by atoms with Gasteiger partial charge in [0.1, 0.15) is 24.4 Å². The summed E-state index contributed by atoms with van der Waals surface area (Å²) in [6.07, 6.45) is -0.976. The molecule has 0 spiro atoms. The highest BCUT2D eigenvalue weighted by Crippen LogP contribution is 2.29. The van der Waals surface area contributed by atoms with Gasteiger partial charge >= 0.3 is 0 Å². The first-order valence-electron chi connectivity index (χ1n) is 9.59. The van der Waals surface area contributed by atoms with Crippen molar-refractivity contribution in [2.45, 2.75) is 50.2 Å². The van der Waals surface area contributed by atoms with Crippen LogP contribution in [0, 0.1) is 0 Å². The number of ether oxygens (including phenoxy) is 3. The van der Waals surface area contributed by atoms with Crippen LogP contribution in [-0.2, 0) is 27.4 Å². The van der Waals surface area contributed by atoms with E-state index in [1.54, 1.807) is 6.08 Å². The Morgan fingerprint density at radius 3 is 1.82 bits per heavy atom. The van der Waals surface area contributed by atoms with Crippen LogP contribution in [0.3, 0.4) is 0 Å². The zero-order chi connectivity index (χ0) is 19.8. The van der Waals surface area contributed by atoms with Crippen LogP contribution in [0.1, 0.15) is 17.5 Å². The first-order valence-corrected chi connectivity index (χ1v) is 9.59. The van der Waals surface area contributed by atoms with E-state index < -0.39 is 30.5 Å². The maximum Gasteiger partial charge on any atom is 0.115 e. The lowest BCUT2D eigenvalue weighted by molar-refractivity contribution is -0.256. The number of hydrogen-bond acceptors (Lipinski definition) is 5. The van der Waals surface area contributed by atoms with Gasteiger partial charge in [-0.3, -0.25) is 0 Å².